The lowest BCUT2D eigenvalue weighted by molar-refractivity contribution is 0.446. The maximum absolute atomic E-state index is 13.9. The molecule has 0 unspecified atom stereocenters. The Morgan fingerprint density at radius 1 is 0.750 bits per heavy atom. The molecular formula is C15H9F5. The highest BCUT2D eigenvalue weighted by Gasteiger charge is 2.17. The fourth-order valence-corrected chi connectivity index (χ4v) is 1.64. The SMILES string of the molecule is Cc1ccc(C(F)=C(F)c2cc(F)c(F)c(F)c2)cc1. The number of halogens is 5. The van der Waals surface area contributed by atoms with Gasteiger partial charge in [0.1, 0.15) is 0 Å². The Morgan fingerprint density at radius 2 is 1.20 bits per heavy atom. The molecule has 0 fully saturated rings. The van der Waals surface area contributed by atoms with E-state index in [-0.39, 0.29) is 5.56 Å². The van der Waals surface area contributed by atoms with Crippen LogP contribution in [0.2, 0.25) is 0 Å². The summed E-state index contributed by atoms with van der Waals surface area (Å²) >= 11 is 0. The molecule has 0 saturated carbocycles. The van der Waals surface area contributed by atoms with Crippen LogP contribution in [0.25, 0.3) is 11.7 Å². The fourth-order valence-electron chi connectivity index (χ4n) is 1.64. The van der Waals surface area contributed by atoms with E-state index in [4.69, 9.17) is 0 Å². The lowest BCUT2D eigenvalue weighted by Crippen LogP contribution is -1.94. The monoisotopic (exact) mass is 284 g/mol. The van der Waals surface area contributed by atoms with E-state index in [0.717, 1.165) is 5.56 Å². The van der Waals surface area contributed by atoms with Gasteiger partial charge in [-0.3, -0.25) is 0 Å². The zero-order valence-corrected chi connectivity index (χ0v) is 10.4. The van der Waals surface area contributed by atoms with Crippen molar-refractivity contribution < 1.29 is 22.0 Å². The van der Waals surface area contributed by atoms with E-state index >= 15 is 0 Å². The molecule has 2 aromatic rings. The van der Waals surface area contributed by atoms with Gasteiger partial charge < -0.3 is 0 Å². The van der Waals surface area contributed by atoms with Crippen molar-refractivity contribution in [3.05, 3.63) is 70.5 Å². The van der Waals surface area contributed by atoms with Crippen molar-refractivity contribution >= 4 is 11.7 Å². The molecular weight excluding hydrogens is 275 g/mol. The van der Waals surface area contributed by atoms with Gasteiger partial charge >= 0.3 is 0 Å². The van der Waals surface area contributed by atoms with E-state index in [9.17, 15) is 22.0 Å². The lowest BCUT2D eigenvalue weighted by atomic mass is 10.1. The minimum atomic E-state index is -1.72. The lowest BCUT2D eigenvalue weighted by Gasteiger charge is -2.04. The number of rotatable bonds is 2. The van der Waals surface area contributed by atoms with Crippen LogP contribution in [-0.2, 0) is 0 Å². The molecule has 0 bridgehead atoms. The smallest absolute Gasteiger partial charge is 0.194 e. The van der Waals surface area contributed by atoms with Crippen molar-refractivity contribution in [2.75, 3.05) is 0 Å². The van der Waals surface area contributed by atoms with Crippen LogP contribution in [-0.4, -0.2) is 0 Å². The molecule has 0 radical (unpaired) electrons. The first-order valence-corrected chi connectivity index (χ1v) is 5.67. The van der Waals surface area contributed by atoms with E-state index in [2.05, 4.69) is 0 Å². The maximum Gasteiger partial charge on any atom is 0.194 e. The normalized spacial score (nSPS) is 12.3. The second-order valence-electron chi connectivity index (χ2n) is 4.25. The molecule has 0 aliphatic rings. The van der Waals surface area contributed by atoms with Crippen molar-refractivity contribution in [1.82, 2.24) is 0 Å². The molecule has 5 heteroatoms. The number of benzene rings is 2. The summed E-state index contributed by atoms with van der Waals surface area (Å²) in [7, 11) is 0. The van der Waals surface area contributed by atoms with E-state index in [0.29, 0.717) is 12.1 Å². The minimum absolute atomic E-state index is 0.0711. The molecule has 0 N–H and O–H groups in total. The topological polar surface area (TPSA) is 0 Å². The van der Waals surface area contributed by atoms with Gasteiger partial charge in [-0.1, -0.05) is 29.8 Å². The largest absolute Gasteiger partial charge is 0.204 e. The second-order valence-corrected chi connectivity index (χ2v) is 4.25. The summed E-state index contributed by atoms with van der Waals surface area (Å²) in [5.41, 5.74) is 0.0820. The average molecular weight is 284 g/mol. The maximum atomic E-state index is 13.9. The fraction of sp³-hybridized carbons (Fsp3) is 0.0667. The molecule has 0 saturated heterocycles. The van der Waals surface area contributed by atoms with Crippen LogP contribution in [0.1, 0.15) is 16.7 Å². The van der Waals surface area contributed by atoms with Crippen molar-refractivity contribution in [1.29, 1.82) is 0 Å². The summed E-state index contributed by atoms with van der Waals surface area (Å²) in [6.07, 6.45) is 0. The van der Waals surface area contributed by atoms with Gasteiger partial charge in [0.25, 0.3) is 0 Å². The van der Waals surface area contributed by atoms with Crippen molar-refractivity contribution in [3.63, 3.8) is 0 Å². The van der Waals surface area contributed by atoms with Crippen molar-refractivity contribution in [2.24, 2.45) is 0 Å². The van der Waals surface area contributed by atoms with Crippen LogP contribution in [0.5, 0.6) is 0 Å². The van der Waals surface area contributed by atoms with Crippen LogP contribution in [0, 0.1) is 24.4 Å². The Morgan fingerprint density at radius 3 is 1.70 bits per heavy atom. The highest BCUT2D eigenvalue weighted by Crippen LogP contribution is 2.30. The molecule has 0 amide bonds. The Bertz CT molecular complexity index is 648. The summed E-state index contributed by atoms with van der Waals surface area (Å²) < 4.78 is 66.5. The summed E-state index contributed by atoms with van der Waals surface area (Å²) in [6, 6.07) is 6.60. The second kappa shape index (κ2) is 5.45. The standard InChI is InChI=1S/C15H9F5/c1-8-2-4-9(5-3-8)13(18)14(19)10-6-11(16)15(20)12(17)7-10/h2-7H,1H3. The first-order valence-electron chi connectivity index (χ1n) is 5.67. The molecule has 0 spiro atoms. The Balaban J connectivity index is 2.50. The molecule has 0 aliphatic heterocycles. The van der Waals surface area contributed by atoms with Crippen LogP contribution in [0.4, 0.5) is 22.0 Å². The third-order valence-electron chi connectivity index (χ3n) is 2.73. The Kier molecular flexibility index (Phi) is 3.88. The van der Waals surface area contributed by atoms with Crippen LogP contribution in [0.3, 0.4) is 0 Å². The van der Waals surface area contributed by atoms with Gasteiger partial charge in [0, 0.05) is 11.1 Å². The molecule has 0 heterocycles. The summed E-state index contributed by atoms with van der Waals surface area (Å²) in [6.45, 7) is 1.77. The van der Waals surface area contributed by atoms with E-state index in [1.807, 2.05) is 0 Å². The Labute approximate surface area is 112 Å². The molecule has 0 nitrogen and oxygen atoms in total. The van der Waals surface area contributed by atoms with Crippen LogP contribution >= 0.6 is 0 Å². The van der Waals surface area contributed by atoms with Gasteiger partial charge in [-0.25, -0.2) is 22.0 Å². The zero-order valence-electron chi connectivity index (χ0n) is 10.4. The molecule has 0 aliphatic carbocycles. The van der Waals surface area contributed by atoms with E-state index in [1.165, 1.54) is 12.1 Å². The van der Waals surface area contributed by atoms with Gasteiger partial charge in [-0.15, -0.1) is 0 Å². The molecule has 0 aromatic heterocycles. The predicted octanol–water partition coefficient (Wildman–Crippen LogP) is 5.18. The minimum Gasteiger partial charge on any atom is -0.204 e. The summed E-state index contributed by atoms with van der Waals surface area (Å²) in [5, 5.41) is 0. The van der Waals surface area contributed by atoms with Crippen LogP contribution < -0.4 is 0 Å². The number of hydrogen-bond donors (Lipinski definition) is 0. The molecule has 20 heavy (non-hydrogen) atoms. The number of hydrogen-bond acceptors (Lipinski definition) is 0. The summed E-state index contributed by atoms with van der Waals surface area (Å²) in [5.74, 6) is -7.60. The third-order valence-corrected chi connectivity index (χ3v) is 2.73. The van der Waals surface area contributed by atoms with Crippen LogP contribution in [0.15, 0.2) is 36.4 Å². The molecule has 2 rings (SSSR count). The zero-order chi connectivity index (χ0) is 14.9. The van der Waals surface area contributed by atoms with Crippen molar-refractivity contribution in [3.8, 4) is 0 Å². The Hall–Kier alpha value is -2.17. The predicted molar refractivity (Wildman–Crippen MR) is 66.5 cm³/mol. The summed E-state index contributed by atoms with van der Waals surface area (Å²) in [4.78, 5) is 0. The van der Waals surface area contributed by atoms with E-state index < -0.39 is 34.7 Å². The number of aryl methyl sites for hydroxylation is 1. The van der Waals surface area contributed by atoms with Gasteiger partial charge in [-0.2, -0.15) is 0 Å². The van der Waals surface area contributed by atoms with Gasteiger partial charge in [0.2, 0.25) is 0 Å². The van der Waals surface area contributed by atoms with E-state index in [1.54, 1.807) is 19.1 Å². The molecule has 0 atom stereocenters. The first-order chi connectivity index (χ1) is 9.40. The highest BCUT2D eigenvalue weighted by atomic mass is 19.2. The van der Waals surface area contributed by atoms with Gasteiger partial charge in [-0.05, 0) is 19.1 Å². The quantitative estimate of drug-likeness (QED) is 0.405. The first kappa shape index (κ1) is 14.2. The van der Waals surface area contributed by atoms with Crippen molar-refractivity contribution in [2.45, 2.75) is 6.92 Å². The third kappa shape index (κ3) is 2.71. The van der Waals surface area contributed by atoms with Gasteiger partial charge in [0.05, 0.1) is 0 Å². The van der Waals surface area contributed by atoms with Gasteiger partial charge in [0.15, 0.2) is 29.1 Å². The molecule has 104 valence electrons. The highest BCUT2D eigenvalue weighted by molar-refractivity contribution is 5.83. The average Bonchev–Trinajstić information content (AvgIpc) is 2.43. The molecule has 2 aromatic carbocycles.